The lowest BCUT2D eigenvalue weighted by atomic mass is 9.87. The molecule has 1 aromatic carbocycles. The van der Waals surface area contributed by atoms with Crippen LogP contribution in [0.5, 0.6) is 0 Å². The number of ether oxygens (including phenoxy) is 1. The summed E-state index contributed by atoms with van der Waals surface area (Å²) in [4.78, 5) is 12.4. The summed E-state index contributed by atoms with van der Waals surface area (Å²) in [6.07, 6.45) is 5.10. The van der Waals surface area contributed by atoms with Crippen molar-refractivity contribution in [3.8, 4) is 0 Å². The van der Waals surface area contributed by atoms with Gasteiger partial charge in [0.15, 0.2) is 0 Å². The van der Waals surface area contributed by atoms with Crippen molar-refractivity contribution in [2.45, 2.75) is 30.8 Å². The van der Waals surface area contributed by atoms with Crippen molar-refractivity contribution in [3.63, 3.8) is 0 Å². The summed E-state index contributed by atoms with van der Waals surface area (Å²) in [6, 6.07) is 10.4. The van der Waals surface area contributed by atoms with E-state index in [9.17, 15) is 4.79 Å². The first-order chi connectivity index (χ1) is 9.23. The van der Waals surface area contributed by atoms with Crippen molar-refractivity contribution in [2.24, 2.45) is 0 Å². The molecule has 0 spiro atoms. The molecule has 1 N–H and O–H groups in total. The van der Waals surface area contributed by atoms with Gasteiger partial charge in [0.25, 0.3) is 0 Å². The van der Waals surface area contributed by atoms with Crippen LogP contribution in [0.1, 0.15) is 24.8 Å². The predicted molar refractivity (Wildman–Crippen MR) is 79.3 cm³/mol. The summed E-state index contributed by atoms with van der Waals surface area (Å²) in [5.41, 5.74) is 0.308. The first kappa shape index (κ1) is 14.4. The summed E-state index contributed by atoms with van der Waals surface area (Å²) in [6.45, 7) is 0. The van der Waals surface area contributed by atoms with E-state index in [-0.39, 0.29) is 5.97 Å². The van der Waals surface area contributed by atoms with Gasteiger partial charge >= 0.3 is 5.97 Å². The van der Waals surface area contributed by atoms with E-state index in [4.69, 9.17) is 4.74 Å². The van der Waals surface area contributed by atoms with Crippen LogP contribution in [0.3, 0.4) is 0 Å². The average molecular weight is 279 g/mol. The molecule has 19 heavy (non-hydrogen) atoms. The van der Waals surface area contributed by atoms with Gasteiger partial charge in [-0.2, -0.15) is 11.8 Å². The molecule has 1 fully saturated rings. The van der Waals surface area contributed by atoms with Crippen molar-refractivity contribution in [1.29, 1.82) is 0 Å². The number of thioether (sulfide) groups is 1. The van der Waals surface area contributed by atoms with Crippen LogP contribution in [-0.2, 0) is 15.1 Å². The Morgan fingerprint density at radius 1 is 1.42 bits per heavy atom. The maximum atomic E-state index is 12.4. The fraction of sp³-hybridized carbons (Fsp3) is 0.533. The molecule has 1 saturated carbocycles. The van der Waals surface area contributed by atoms with Crippen molar-refractivity contribution in [2.75, 3.05) is 19.1 Å². The number of methoxy groups -OCH3 is 1. The average Bonchev–Trinajstić information content (AvgIpc) is 3.27. The molecule has 3 nitrogen and oxygen atoms in total. The monoisotopic (exact) mass is 279 g/mol. The largest absolute Gasteiger partial charge is 0.467 e. The van der Waals surface area contributed by atoms with Gasteiger partial charge in [-0.15, -0.1) is 0 Å². The van der Waals surface area contributed by atoms with Crippen LogP contribution < -0.4 is 5.32 Å². The summed E-state index contributed by atoms with van der Waals surface area (Å²) in [5, 5.41) is 3.52. The highest BCUT2D eigenvalue weighted by molar-refractivity contribution is 7.98. The van der Waals surface area contributed by atoms with Gasteiger partial charge in [0.1, 0.15) is 5.54 Å². The SMILES string of the molecule is COC(=O)C(CCSC)(NC1CC1)c1ccccc1. The van der Waals surface area contributed by atoms with E-state index in [0.717, 1.165) is 30.6 Å². The summed E-state index contributed by atoms with van der Waals surface area (Å²) in [7, 11) is 1.47. The Labute approximate surface area is 119 Å². The molecule has 1 atom stereocenters. The molecular formula is C15H21NO2S. The Morgan fingerprint density at radius 3 is 2.63 bits per heavy atom. The lowest BCUT2D eigenvalue weighted by Gasteiger charge is -2.32. The highest BCUT2D eigenvalue weighted by Gasteiger charge is 2.44. The van der Waals surface area contributed by atoms with E-state index >= 15 is 0 Å². The van der Waals surface area contributed by atoms with Crippen LogP contribution in [0.15, 0.2) is 30.3 Å². The van der Waals surface area contributed by atoms with E-state index in [1.165, 1.54) is 7.11 Å². The van der Waals surface area contributed by atoms with Crippen molar-refractivity contribution in [3.05, 3.63) is 35.9 Å². The molecule has 4 heteroatoms. The lowest BCUT2D eigenvalue weighted by Crippen LogP contribution is -2.51. The summed E-state index contributed by atoms with van der Waals surface area (Å²) < 4.78 is 5.09. The Kier molecular flexibility index (Phi) is 4.88. The highest BCUT2D eigenvalue weighted by Crippen LogP contribution is 2.33. The van der Waals surface area contributed by atoms with Crippen LogP contribution in [-0.4, -0.2) is 31.1 Å². The second-order valence-electron chi connectivity index (χ2n) is 4.92. The third-order valence-electron chi connectivity index (χ3n) is 3.51. The Bertz CT molecular complexity index is 419. The number of carbonyl (C=O) groups is 1. The fourth-order valence-electron chi connectivity index (χ4n) is 2.31. The number of hydrogen-bond acceptors (Lipinski definition) is 4. The third-order valence-corrected chi connectivity index (χ3v) is 4.12. The molecule has 1 aromatic rings. The molecule has 1 aliphatic carbocycles. The number of carbonyl (C=O) groups excluding carboxylic acids is 1. The third kappa shape index (κ3) is 3.31. The molecule has 2 rings (SSSR count). The number of nitrogens with one attached hydrogen (secondary N) is 1. The lowest BCUT2D eigenvalue weighted by molar-refractivity contribution is -0.149. The van der Waals surface area contributed by atoms with Gasteiger partial charge in [0, 0.05) is 6.04 Å². The zero-order valence-corrected chi connectivity index (χ0v) is 12.3. The second kappa shape index (κ2) is 6.44. The van der Waals surface area contributed by atoms with Crippen LogP contribution in [0.2, 0.25) is 0 Å². The number of rotatable bonds is 7. The van der Waals surface area contributed by atoms with Crippen LogP contribution in [0.4, 0.5) is 0 Å². The molecule has 0 aliphatic heterocycles. The Balaban J connectivity index is 2.34. The van der Waals surface area contributed by atoms with Gasteiger partial charge in [-0.25, -0.2) is 4.79 Å². The van der Waals surface area contributed by atoms with Gasteiger partial charge in [0.05, 0.1) is 7.11 Å². The Hall–Kier alpha value is -1.00. The molecule has 0 heterocycles. The minimum atomic E-state index is -0.694. The number of esters is 1. The summed E-state index contributed by atoms with van der Waals surface area (Å²) in [5.74, 6) is 0.739. The molecule has 0 bridgehead atoms. The van der Waals surface area contributed by atoms with E-state index in [0.29, 0.717) is 6.04 Å². The maximum Gasteiger partial charge on any atom is 0.330 e. The van der Waals surface area contributed by atoms with Crippen molar-refractivity contribution in [1.82, 2.24) is 5.32 Å². The molecule has 1 unspecified atom stereocenters. The maximum absolute atomic E-state index is 12.4. The quantitative estimate of drug-likeness (QED) is 0.779. The highest BCUT2D eigenvalue weighted by atomic mass is 32.2. The second-order valence-corrected chi connectivity index (χ2v) is 5.91. The molecule has 0 radical (unpaired) electrons. The molecule has 1 aliphatic rings. The van der Waals surface area contributed by atoms with Crippen LogP contribution in [0.25, 0.3) is 0 Å². The van der Waals surface area contributed by atoms with E-state index in [1.54, 1.807) is 11.8 Å². The normalized spacial score (nSPS) is 17.8. The molecule has 0 aromatic heterocycles. The Morgan fingerprint density at radius 2 is 2.11 bits per heavy atom. The summed E-state index contributed by atoms with van der Waals surface area (Å²) >= 11 is 1.75. The van der Waals surface area contributed by atoms with Gasteiger partial charge in [-0.05, 0) is 36.8 Å². The topological polar surface area (TPSA) is 38.3 Å². The van der Waals surface area contributed by atoms with Crippen LogP contribution in [0, 0.1) is 0 Å². The van der Waals surface area contributed by atoms with Gasteiger partial charge in [-0.3, -0.25) is 5.32 Å². The molecule has 0 amide bonds. The number of hydrogen-bond donors (Lipinski definition) is 1. The van der Waals surface area contributed by atoms with E-state index in [2.05, 4.69) is 11.6 Å². The van der Waals surface area contributed by atoms with E-state index < -0.39 is 5.54 Å². The molecule has 0 saturated heterocycles. The van der Waals surface area contributed by atoms with Gasteiger partial charge in [0.2, 0.25) is 0 Å². The van der Waals surface area contributed by atoms with Crippen molar-refractivity contribution >= 4 is 17.7 Å². The first-order valence-electron chi connectivity index (χ1n) is 6.63. The first-order valence-corrected chi connectivity index (χ1v) is 8.03. The minimum Gasteiger partial charge on any atom is -0.467 e. The van der Waals surface area contributed by atoms with Gasteiger partial charge in [-0.1, -0.05) is 30.3 Å². The minimum absolute atomic E-state index is 0.181. The zero-order valence-electron chi connectivity index (χ0n) is 11.5. The number of benzene rings is 1. The predicted octanol–water partition coefficient (Wildman–Crippen LogP) is 2.56. The standard InChI is InChI=1S/C15H21NO2S/c1-18-14(17)15(10-11-19-2,16-13-8-9-13)12-6-4-3-5-7-12/h3-7,13,16H,8-11H2,1-2H3. The fourth-order valence-corrected chi connectivity index (χ4v) is 2.82. The van der Waals surface area contributed by atoms with E-state index in [1.807, 2.05) is 30.3 Å². The molecular weight excluding hydrogens is 258 g/mol. The van der Waals surface area contributed by atoms with Crippen molar-refractivity contribution < 1.29 is 9.53 Å². The molecule has 104 valence electrons. The van der Waals surface area contributed by atoms with Crippen LogP contribution >= 0.6 is 11.8 Å². The van der Waals surface area contributed by atoms with Gasteiger partial charge < -0.3 is 4.74 Å². The smallest absolute Gasteiger partial charge is 0.330 e. The zero-order chi connectivity index (χ0) is 13.7.